The van der Waals surface area contributed by atoms with Crippen molar-refractivity contribution in [3.05, 3.63) is 35.4 Å². The number of fused-ring (bicyclic) bond motifs is 1. The summed E-state index contributed by atoms with van der Waals surface area (Å²) >= 11 is 0. The number of likely N-dealkylation sites (tertiary alicyclic amines) is 1. The van der Waals surface area contributed by atoms with Crippen LogP contribution in [0.5, 0.6) is 0 Å². The fourth-order valence-electron chi connectivity index (χ4n) is 2.90. The van der Waals surface area contributed by atoms with Crippen molar-refractivity contribution in [2.75, 3.05) is 25.0 Å². The van der Waals surface area contributed by atoms with E-state index in [2.05, 4.69) is 0 Å². The first-order valence-corrected chi connectivity index (χ1v) is 6.96. The Morgan fingerprint density at radius 3 is 2.57 bits per heavy atom. The number of amides is 2. The van der Waals surface area contributed by atoms with Crippen molar-refractivity contribution < 1.29 is 9.59 Å². The predicted octanol–water partition coefficient (Wildman–Crippen LogP) is 1.56. The van der Waals surface area contributed by atoms with E-state index in [9.17, 15) is 14.9 Å². The standard InChI is InChI=1S/C16H15N3O2/c1-18-13-7-3-2-6-11(13)14(16(18)21)12(10-17)15(20)19-8-4-5-9-19/h2-3,6-7H,4-5,8-9H2,1H3/b14-12+. The zero-order chi connectivity index (χ0) is 15.0. The Balaban J connectivity index is 2.13. The molecule has 5 nitrogen and oxygen atoms in total. The Labute approximate surface area is 123 Å². The van der Waals surface area contributed by atoms with Gasteiger partial charge in [0.25, 0.3) is 11.8 Å². The van der Waals surface area contributed by atoms with E-state index in [1.165, 1.54) is 4.90 Å². The van der Waals surface area contributed by atoms with E-state index < -0.39 is 0 Å². The van der Waals surface area contributed by atoms with Gasteiger partial charge in [0.2, 0.25) is 0 Å². The Kier molecular flexibility index (Phi) is 3.22. The lowest BCUT2D eigenvalue weighted by atomic mass is 10.0. The molecule has 0 atom stereocenters. The first-order valence-electron chi connectivity index (χ1n) is 6.96. The molecule has 0 aliphatic carbocycles. The summed E-state index contributed by atoms with van der Waals surface area (Å²) in [5, 5.41) is 9.42. The third-order valence-corrected chi connectivity index (χ3v) is 4.02. The van der Waals surface area contributed by atoms with Crippen LogP contribution in [0.4, 0.5) is 5.69 Å². The first kappa shape index (κ1) is 13.4. The van der Waals surface area contributed by atoms with Crippen LogP contribution in [0.15, 0.2) is 29.8 Å². The minimum absolute atomic E-state index is 0.0429. The lowest BCUT2D eigenvalue weighted by Gasteiger charge is -2.15. The summed E-state index contributed by atoms with van der Waals surface area (Å²) in [6.45, 7) is 1.31. The highest BCUT2D eigenvalue weighted by molar-refractivity contribution is 6.36. The summed E-state index contributed by atoms with van der Waals surface area (Å²) in [6, 6.07) is 9.19. The van der Waals surface area contributed by atoms with Gasteiger partial charge in [0.1, 0.15) is 11.6 Å². The molecule has 1 aromatic carbocycles. The zero-order valence-corrected chi connectivity index (χ0v) is 11.8. The number of rotatable bonds is 1. The van der Waals surface area contributed by atoms with E-state index >= 15 is 0 Å². The number of nitrogens with zero attached hydrogens (tertiary/aromatic N) is 3. The third-order valence-electron chi connectivity index (χ3n) is 4.02. The topological polar surface area (TPSA) is 64.4 Å². The Morgan fingerprint density at radius 1 is 1.24 bits per heavy atom. The molecule has 2 aliphatic rings. The summed E-state index contributed by atoms with van der Waals surface area (Å²) in [5.41, 5.74) is 1.58. The van der Waals surface area contributed by atoms with Crippen LogP contribution in [-0.2, 0) is 9.59 Å². The molecule has 21 heavy (non-hydrogen) atoms. The molecule has 0 spiro atoms. The van der Waals surface area contributed by atoms with Crippen LogP contribution in [0.25, 0.3) is 5.57 Å². The van der Waals surface area contributed by atoms with E-state index in [1.54, 1.807) is 24.1 Å². The average molecular weight is 281 g/mol. The highest BCUT2D eigenvalue weighted by Gasteiger charge is 2.35. The van der Waals surface area contributed by atoms with Gasteiger partial charge in [-0.3, -0.25) is 9.59 Å². The number of carbonyl (C=O) groups excluding carboxylic acids is 2. The number of hydrogen-bond donors (Lipinski definition) is 0. The normalized spacial score (nSPS) is 19.5. The van der Waals surface area contributed by atoms with E-state index in [0.717, 1.165) is 18.5 Å². The Bertz CT molecular complexity index is 694. The number of hydrogen-bond acceptors (Lipinski definition) is 3. The molecule has 0 saturated carbocycles. The van der Waals surface area contributed by atoms with Crippen molar-refractivity contribution in [2.45, 2.75) is 12.8 Å². The van der Waals surface area contributed by atoms with Crippen molar-refractivity contribution in [3.63, 3.8) is 0 Å². The van der Waals surface area contributed by atoms with Gasteiger partial charge in [-0.25, -0.2) is 0 Å². The number of likely N-dealkylation sites (N-methyl/N-ethyl adjacent to an activating group) is 1. The van der Waals surface area contributed by atoms with E-state index in [4.69, 9.17) is 0 Å². The van der Waals surface area contributed by atoms with Crippen molar-refractivity contribution in [1.29, 1.82) is 5.26 Å². The first-order chi connectivity index (χ1) is 10.1. The average Bonchev–Trinajstić information content (AvgIpc) is 3.11. The molecule has 1 fully saturated rings. The van der Waals surface area contributed by atoms with Crippen LogP contribution in [0.3, 0.4) is 0 Å². The fraction of sp³-hybridized carbons (Fsp3) is 0.312. The van der Waals surface area contributed by atoms with Gasteiger partial charge in [-0.15, -0.1) is 0 Å². The van der Waals surface area contributed by atoms with Crippen molar-refractivity contribution in [3.8, 4) is 6.07 Å². The van der Waals surface area contributed by atoms with Crippen molar-refractivity contribution in [2.24, 2.45) is 0 Å². The monoisotopic (exact) mass is 281 g/mol. The van der Waals surface area contributed by atoms with Gasteiger partial charge in [0.05, 0.1) is 11.3 Å². The highest BCUT2D eigenvalue weighted by atomic mass is 16.2. The Morgan fingerprint density at radius 2 is 1.90 bits per heavy atom. The maximum atomic E-state index is 12.5. The van der Waals surface area contributed by atoms with Crippen LogP contribution in [0.1, 0.15) is 18.4 Å². The highest BCUT2D eigenvalue weighted by Crippen LogP contribution is 2.37. The summed E-state index contributed by atoms with van der Waals surface area (Å²) in [4.78, 5) is 28.1. The van der Waals surface area contributed by atoms with Gasteiger partial charge in [-0.2, -0.15) is 5.26 Å². The van der Waals surface area contributed by atoms with Crippen molar-refractivity contribution >= 4 is 23.1 Å². The molecule has 2 aliphatic heterocycles. The third kappa shape index (κ3) is 2.00. The lowest BCUT2D eigenvalue weighted by molar-refractivity contribution is -0.125. The lowest BCUT2D eigenvalue weighted by Crippen LogP contribution is -2.30. The molecule has 5 heteroatoms. The molecule has 0 N–H and O–H groups in total. The summed E-state index contributed by atoms with van der Waals surface area (Å²) in [7, 11) is 1.66. The molecule has 3 rings (SSSR count). The molecule has 1 aromatic rings. The largest absolute Gasteiger partial charge is 0.338 e. The fourth-order valence-corrected chi connectivity index (χ4v) is 2.90. The SMILES string of the molecule is CN1C(=O)/C(=C(\C#N)C(=O)N2CCCC2)c2ccccc21. The van der Waals surface area contributed by atoms with Crippen molar-refractivity contribution in [1.82, 2.24) is 4.90 Å². The molecule has 0 unspecified atom stereocenters. The summed E-state index contributed by atoms with van der Waals surface area (Å²) < 4.78 is 0. The van der Waals surface area contributed by atoms with Crippen LogP contribution in [0.2, 0.25) is 0 Å². The maximum absolute atomic E-state index is 12.5. The summed E-state index contributed by atoms with van der Waals surface area (Å²) in [6.07, 6.45) is 1.90. The maximum Gasteiger partial charge on any atom is 0.265 e. The number of carbonyl (C=O) groups is 2. The molecular weight excluding hydrogens is 266 g/mol. The quantitative estimate of drug-likeness (QED) is 0.579. The van der Waals surface area contributed by atoms with Gasteiger partial charge in [-0.1, -0.05) is 18.2 Å². The molecule has 0 bridgehead atoms. The number of para-hydroxylation sites is 1. The predicted molar refractivity (Wildman–Crippen MR) is 78.2 cm³/mol. The van der Waals surface area contributed by atoms with Crippen LogP contribution >= 0.6 is 0 Å². The smallest absolute Gasteiger partial charge is 0.265 e. The Hall–Kier alpha value is -2.61. The van der Waals surface area contributed by atoms with E-state index in [0.29, 0.717) is 18.7 Å². The molecule has 0 aromatic heterocycles. The van der Waals surface area contributed by atoms with E-state index in [-0.39, 0.29) is 23.0 Å². The summed E-state index contributed by atoms with van der Waals surface area (Å²) in [5.74, 6) is -0.622. The molecule has 2 amide bonds. The molecular formula is C16H15N3O2. The second-order valence-corrected chi connectivity index (χ2v) is 5.24. The molecule has 106 valence electrons. The molecule has 1 saturated heterocycles. The van der Waals surface area contributed by atoms with Gasteiger partial charge in [0, 0.05) is 25.7 Å². The van der Waals surface area contributed by atoms with Gasteiger partial charge in [-0.05, 0) is 18.9 Å². The van der Waals surface area contributed by atoms with Gasteiger partial charge >= 0.3 is 0 Å². The number of anilines is 1. The van der Waals surface area contributed by atoms with Gasteiger partial charge < -0.3 is 9.80 Å². The molecule has 0 radical (unpaired) electrons. The minimum atomic E-state index is -0.330. The van der Waals surface area contributed by atoms with E-state index in [1.807, 2.05) is 18.2 Å². The van der Waals surface area contributed by atoms with Crippen LogP contribution < -0.4 is 4.90 Å². The minimum Gasteiger partial charge on any atom is -0.338 e. The van der Waals surface area contributed by atoms with Crippen LogP contribution in [0, 0.1) is 11.3 Å². The number of benzene rings is 1. The second kappa shape index (κ2) is 5.06. The van der Waals surface area contributed by atoms with Gasteiger partial charge in [0.15, 0.2) is 0 Å². The zero-order valence-electron chi connectivity index (χ0n) is 11.8. The van der Waals surface area contributed by atoms with Crippen LogP contribution in [-0.4, -0.2) is 36.9 Å². The second-order valence-electron chi connectivity index (χ2n) is 5.24. The molecule has 2 heterocycles. The number of nitriles is 1.